The van der Waals surface area contributed by atoms with Crippen molar-refractivity contribution in [1.82, 2.24) is 4.98 Å². The van der Waals surface area contributed by atoms with Gasteiger partial charge in [0, 0.05) is 24.2 Å². The molecule has 0 radical (unpaired) electrons. The number of rotatable bonds is 3. The van der Waals surface area contributed by atoms with Crippen LogP contribution in [0.1, 0.15) is 23.7 Å². The molecule has 14 heavy (non-hydrogen) atoms. The van der Waals surface area contributed by atoms with Crippen molar-refractivity contribution in [3.8, 4) is 0 Å². The summed E-state index contributed by atoms with van der Waals surface area (Å²) in [5, 5.41) is 10.2. The van der Waals surface area contributed by atoms with Gasteiger partial charge in [-0.3, -0.25) is 14.9 Å². The summed E-state index contributed by atoms with van der Waals surface area (Å²) in [6.45, 7) is 1.67. The van der Waals surface area contributed by atoms with Gasteiger partial charge in [0.25, 0.3) is 0 Å². The molecule has 1 heterocycles. The van der Waals surface area contributed by atoms with Crippen molar-refractivity contribution < 1.29 is 9.72 Å². The van der Waals surface area contributed by atoms with Crippen molar-refractivity contribution >= 4 is 23.1 Å². The van der Waals surface area contributed by atoms with Crippen molar-refractivity contribution in [2.45, 2.75) is 13.3 Å². The monoisotopic (exact) mass is 214 g/mol. The molecular formula is C8H7ClN2O3. The second-order valence-electron chi connectivity index (χ2n) is 2.57. The Hall–Kier alpha value is -1.49. The fourth-order valence-electron chi connectivity index (χ4n) is 0.921. The van der Waals surface area contributed by atoms with E-state index in [1.807, 2.05) is 0 Å². The summed E-state index contributed by atoms with van der Waals surface area (Å²) in [4.78, 5) is 24.6. The molecule has 0 aliphatic rings. The van der Waals surface area contributed by atoms with E-state index in [1.54, 1.807) is 6.92 Å². The molecule has 6 heteroatoms. The zero-order valence-corrected chi connectivity index (χ0v) is 8.11. The number of nitrogens with zero attached hydrogens (tertiary/aromatic N) is 2. The zero-order valence-electron chi connectivity index (χ0n) is 7.36. The van der Waals surface area contributed by atoms with E-state index < -0.39 is 4.92 Å². The standard InChI is InChI=1S/C8H7ClN2O3/c1-2-7(12)5-3-6(11(13)14)8(9)10-4-5/h3-4H,2H2,1H3. The summed E-state index contributed by atoms with van der Waals surface area (Å²) in [5.41, 5.74) is -0.130. The molecular weight excluding hydrogens is 208 g/mol. The Labute approximate surface area is 84.9 Å². The molecule has 1 aromatic heterocycles. The van der Waals surface area contributed by atoms with E-state index in [0.717, 1.165) is 6.07 Å². The molecule has 1 aromatic rings. The van der Waals surface area contributed by atoms with Crippen LogP contribution in [0.5, 0.6) is 0 Å². The largest absolute Gasteiger partial charge is 0.307 e. The third-order valence-corrected chi connectivity index (χ3v) is 1.95. The highest BCUT2D eigenvalue weighted by Crippen LogP contribution is 2.22. The number of halogens is 1. The first-order chi connectivity index (χ1) is 6.56. The van der Waals surface area contributed by atoms with Crippen LogP contribution in [-0.4, -0.2) is 15.7 Å². The van der Waals surface area contributed by atoms with Crippen LogP contribution in [0.2, 0.25) is 5.15 Å². The molecule has 0 atom stereocenters. The third kappa shape index (κ3) is 2.05. The van der Waals surface area contributed by atoms with Crippen LogP contribution in [0.15, 0.2) is 12.3 Å². The lowest BCUT2D eigenvalue weighted by Crippen LogP contribution is -2.00. The average Bonchev–Trinajstić information content (AvgIpc) is 2.17. The van der Waals surface area contributed by atoms with Crippen LogP contribution in [0.25, 0.3) is 0 Å². The van der Waals surface area contributed by atoms with Crippen molar-refractivity contribution in [1.29, 1.82) is 0 Å². The van der Waals surface area contributed by atoms with Gasteiger partial charge < -0.3 is 0 Å². The summed E-state index contributed by atoms with van der Waals surface area (Å²) in [7, 11) is 0. The van der Waals surface area contributed by atoms with Crippen LogP contribution in [0.3, 0.4) is 0 Å². The third-order valence-electron chi connectivity index (χ3n) is 1.66. The number of carbonyl (C=O) groups excluding carboxylic acids is 1. The second kappa shape index (κ2) is 4.15. The molecule has 0 spiro atoms. The molecule has 74 valence electrons. The first-order valence-electron chi connectivity index (χ1n) is 3.89. The Balaban J connectivity index is 3.19. The van der Waals surface area contributed by atoms with Crippen molar-refractivity contribution in [3.63, 3.8) is 0 Å². The van der Waals surface area contributed by atoms with E-state index >= 15 is 0 Å². The highest BCUT2D eigenvalue weighted by atomic mass is 35.5. The molecule has 0 N–H and O–H groups in total. The summed E-state index contributed by atoms with van der Waals surface area (Å²) in [6, 6.07) is 1.14. The fraction of sp³-hybridized carbons (Fsp3) is 0.250. The van der Waals surface area contributed by atoms with Gasteiger partial charge in [0.15, 0.2) is 5.78 Å². The number of pyridine rings is 1. The second-order valence-corrected chi connectivity index (χ2v) is 2.93. The minimum Gasteiger partial charge on any atom is -0.294 e. The van der Waals surface area contributed by atoms with Gasteiger partial charge in [-0.1, -0.05) is 18.5 Å². The Morgan fingerprint density at radius 3 is 2.86 bits per heavy atom. The predicted molar refractivity (Wildman–Crippen MR) is 50.5 cm³/mol. The number of ketones is 1. The topological polar surface area (TPSA) is 73.1 Å². The van der Waals surface area contributed by atoms with Gasteiger partial charge in [0.1, 0.15) is 0 Å². The average molecular weight is 215 g/mol. The van der Waals surface area contributed by atoms with E-state index in [-0.39, 0.29) is 28.6 Å². The number of carbonyl (C=O) groups is 1. The summed E-state index contributed by atoms with van der Waals surface area (Å²) in [5.74, 6) is -0.197. The number of hydrogen-bond acceptors (Lipinski definition) is 4. The molecule has 0 aromatic carbocycles. The molecule has 0 fully saturated rings. The van der Waals surface area contributed by atoms with E-state index in [4.69, 9.17) is 11.6 Å². The molecule has 0 amide bonds. The number of aromatic nitrogens is 1. The molecule has 0 unspecified atom stereocenters. The van der Waals surface area contributed by atoms with E-state index in [9.17, 15) is 14.9 Å². The Bertz CT molecular complexity index is 392. The number of hydrogen-bond donors (Lipinski definition) is 0. The van der Waals surface area contributed by atoms with Gasteiger partial charge in [-0.05, 0) is 0 Å². The normalized spacial score (nSPS) is 9.86. The number of nitro groups is 1. The van der Waals surface area contributed by atoms with Gasteiger partial charge in [-0.15, -0.1) is 0 Å². The van der Waals surface area contributed by atoms with Gasteiger partial charge in [-0.25, -0.2) is 4.98 Å². The maximum atomic E-state index is 11.2. The predicted octanol–water partition coefficient (Wildman–Crippen LogP) is 2.24. The Morgan fingerprint density at radius 1 is 1.71 bits per heavy atom. The van der Waals surface area contributed by atoms with Crippen LogP contribution in [0.4, 0.5) is 5.69 Å². The quantitative estimate of drug-likeness (QED) is 0.335. The number of Topliss-reactive ketones (excluding diaryl/α,β-unsaturated/α-hetero) is 1. The van der Waals surface area contributed by atoms with Crippen LogP contribution < -0.4 is 0 Å². The fourth-order valence-corrected chi connectivity index (χ4v) is 1.09. The minimum absolute atomic E-state index is 0.197. The van der Waals surface area contributed by atoms with Gasteiger partial charge in [-0.2, -0.15) is 0 Å². The lowest BCUT2D eigenvalue weighted by molar-refractivity contribution is -0.385. The highest BCUT2D eigenvalue weighted by molar-refractivity contribution is 6.31. The summed E-state index contributed by atoms with van der Waals surface area (Å²) < 4.78 is 0. The zero-order chi connectivity index (χ0) is 10.7. The SMILES string of the molecule is CCC(=O)c1cnc(Cl)c([N+](=O)[O-])c1. The van der Waals surface area contributed by atoms with Gasteiger partial charge >= 0.3 is 5.69 Å². The lowest BCUT2D eigenvalue weighted by atomic mass is 10.1. The smallest absolute Gasteiger partial charge is 0.294 e. The maximum absolute atomic E-state index is 11.2. The molecule has 0 bridgehead atoms. The summed E-state index contributed by atoms with van der Waals surface area (Å²) in [6.07, 6.45) is 1.52. The Morgan fingerprint density at radius 2 is 2.36 bits per heavy atom. The highest BCUT2D eigenvalue weighted by Gasteiger charge is 2.16. The van der Waals surface area contributed by atoms with E-state index in [1.165, 1.54) is 6.20 Å². The Kier molecular flexibility index (Phi) is 3.14. The van der Waals surface area contributed by atoms with E-state index in [0.29, 0.717) is 0 Å². The molecule has 0 saturated heterocycles. The molecule has 5 nitrogen and oxygen atoms in total. The van der Waals surface area contributed by atoms with Gasteiger partial charge in [0.2, 0.25) is 5.15 Å². The summed E-state index contributed by atoms with van der Waals surface area (Å²) >= 11 is 5.48. The first kappa shape index (κ1) is 10.6. The molecule has 0 saturated carbocycles. The lowest BCUT2D eigenvalue weighted by Gasteiger charge is -1.98. The molecule has 0 aliphatic heterocycles. The minimum atomic E-state index is -0.665. The molecule has 0 aliphatic carbocycles. The van der Waals surface area contributed by atoms with Crippen molar-refractivity contribution in [2.24, 2.45) is 0 Å². The van der Waals surface area contributed by atoms with Crippen molar-refractivity contribution in [2.75, 3.05) is 0 Å². The maximum Gasteiger partial charge on any atom is 0.307 e. The molecule has 1 rings (SSSR count). The van der Waals surface area contributed by atoms with Crippen LogP contribution in [-0.2, 0) is 0 Å². The van der Waals surface area contributed by atoms with Crippen molar-refractivity contribution in [3.05, 3.63) is 33.1 Å². The first-order valence-corrected chi connectivity index (χ1v) is 4.27. The van der Waals surface area contributed by atoms with E-state index in [2.05, 4.69) is 4.98 Å². The van der Waals surface area contributed by atoms with Gasteiger partial charge in [0.05, 0.1) is 4.92 Å². The van der Waals surface area contributed by atoms with Crippen LogP contribution >= 0.6 is 11.6 Å². The van der Waals surface area contributed by atoms with Crippen LogP contribution in [0, 0.1) is 10.1 Å².